The Morgan fingerprint density at radius 3 is 2.65 bits per heavy atom. The maximum Gasteiger partial charge on any atom is 0.241 e. The Bertz CT molecular complexity index is 705. The van der Waals surface area contributed by atoms with Crippen LogP contribution in [0.5, 0.6) is 0 Å². The van der Waals surface area contributed by atoms with E-state index in [-0.39, 0.29) is 17.8 Å². The number of nitrogens with zero attached hydrogens (tertiary/aromatic N) is 1. The van der Waals surface area contributed by atoms with E-state index in [2.05, 4.69) is 21.2 Å². The summed E-state index contributed by atoms with van der Waals surface area (Å²) in [6.45, 7) is 4.16. The van der Waals surface area contributed by atoms with Gasteiger partial charge < -0.3 is 5.32 Å². The quantitative estimate of drug-likeness (QED) is 0.838. The fourth-order valence-electron chi connectivity index (χ4n) is 2.19. The number of rotatable bonds is 5. The molecule has 2 aromatic carbocycles. The number of hydrogen-bond donors (Lipinski definition) is 1. The van der Waals surface area contributed by atoms with Gasteiger partial charge in [-0.1, -0.05) is 24.3 Å². The van der Waals surface area contributed by atoms with Gasteiger partial charge in [-0.3, -0.25) is 9.69 Å². The highest BCUT2D eigenvalue weighted by atomic mass is 79.9. The predicted molar refractivity (Wildman–Crippen MR) is 94.8 cm³/mol. The van der Waals surface area contributed by atoms with Gasteiger partial charge in [-0.25, -0.2) is 4.39 Å². The van der Waals surface area contributed by atoms with Crippen LogP contribution in [0.25, 0.3) is 0 Å². The first-order chi connectivity index (χ1) is 10.9. The van der Waals surface area contributed by atoms with Gasteiger partial charge in [0, 0.05) is 16.6 Å². The van der Waals surface area contributed by atoms with Crippen molar-refractivity contribution in [2.45, 2.75) is 26.4 Å². The minimum atomic E-state index is -0.386. The van der Waals surface area contributed by atoms with E-state index in [1.165, 1.54) is 6.07 Å². The summed E-state index contributed by atoms with van der Waals surface area (Å²) >= 11 is 3.45. The van der Waals surface area contributed by atoms with Crippen LogP contribution in [0.2, 0.25) is 0 Å². The number of likely N-dealkylation sites (N-methyl/N-ethyl adjacent to an activating group) is 1. The van der Waals surface area contributed by atoms with E-state index in [9.17, 15) is 9.18 Å². The van der Waals surface area contributed by atoms with Gasteiger partial charge in [0.2, 0.25) is 5.91 Å². The predicted octanol–water partition coefficient (Wildman–Crippen LogP) is 4.36. The second-order valence-corrected chi connectivity index (χ2v) is 6.51. The summed E-state index contributed by atoms with van der Waals surface area (Å²) in [7, 11) is 1.81. The standard InChI is InChI=1S/C18H20BrFN2O/c1-12-8-9-17(15(19)10-12)21-18(23)13(2)22(3)11-14-6-4-5-7-16(14)20/h4-10,13H,11H2,1-3H3,(H,21,23). The number of anilines is 1. The third-order valence-corrected chi connectivity index (χ3v) is 4.46. The van der Waals surface area contributed by atoms with Gasteiger partial charge in [-0.2, -0.15) is 0 Å². The first-order valence-electron chi connectivity index (χ1n) is 7.39. The Hall–Kier alpha value is -1.72. The highest BCUT2D eigenvalue weighted by Gasteiger charge is 2.19. The van der Waals surface area contributed by atoms with E-state index in [0.717, 1.165) is 15.7 Å². The van der Waals surface area contributed by atoms with Gasteiger partial charge in [0.05, 0.1) is 11.7 Å². The van der Waals surface area contributed by atoms with Gasteiger partial charge in [0.15, 0.2) is 0 Å². The van der Waals surface area contributed by atoms with E-state index < -0.39 is 0 Å². The van der Waals surface area contributed by atoms with Crippen LogP contribution in [0.15, 0.2) is 46.9 Å². The van der Waals surface area contributed by atoms with Crippen LogP contribution in [-0.2, 0) is 11.3 Å². The van der Waals surface area contributed by atoms with Crippen LogP contribution in [0.1, 0.15) is 18.1 Å². The van der Waals surface area contributed by atoms with Gasteiger partial charge in [-0.15, -0.1) is 0 Å². The first-order valence-corrected chi connectivity index (χ1v) is 8.18. The number of halogens is 2. The normalized spacial score (nSPS) is 12.3. The summed E-state index contributed by atoms with van der Waals surface area (Å²) in [5, 5.41) is 2.90. The van der Waals surface area contributed by atoms with Crippen molar-refractivity contribution in [3.05, 3.63) is 63.9 Å². The van der Waals surface area contributed by atoms with Crippen molar-refractivity contribution < 1.29 is 9.18 Å². The Kier molecular flexibility index (Phi) is 5.91. The third kappa shape index (κ3) is 4.62. The molecule has 1 atom stereocenters. The molecule has 0 heterocycles. The average Bonchev–Trinajstić information content (AvgIpc) is 2.51. The molecule has 0 spiro atoms. The SMILES string of the molecule is Cc1ccc(NC(=O)C(C)N(C)Cc2ccccc2F)c(Br)c1. The minimum absolute atomic E-state index is 0.131. The Morgan fingerprint density at radius 1 is 1.30 bits per heavy atom. The molecule has 1 amide bonds. The van der Waals surface area contributed by atoms with Crippen molar-refractivity contribution in [2.75, 3.05) is 12.4 Å². The number of carbonyl (C=O) groups excluding carboxylic acids is 1. The molecule has 0 aromatic heterocycles. The van der Waals surface area contributed by atoms with Crippen LogP contribution >= 0.6 is 15.9 Å². The Balaban J connectivity index is 2.02. The maximum absolute atomic E-state index is 13.7. The molecular formula is C18H20BrFN2O. The monoisotopic (exact) mass is 378 g/mol. The van der Waals surface area contributed by atoms with Crippen molar-refractivity contribution in [1.29, 1.82) is 0 Å². The largest absolute Gasteiger partial charge is 0.324 e. The number of benzene rings is 2. The van der Waals surface area contributed by atoms with Crippen molar-refractivity contribution in [1.82, 2.24) is 4.90 Å². The lowest BCUT2D eigenvalue weighted by Gasteiger charge is -2.24. The minimum Gasteiger partial charge on any atom is -0.324 e. The van der Waals surface area contributed by atoms with Gasteiger partial charge in [-0.05, 0) is 60.6 Å². The van der Waals surface area contributed by atoms with Crippen molar-refractivity contribution in [3.63, 3.8) is 0 Å². The fraction of sp³-hybridized carbons (Fsp3) is 0.278. The average molecular weight is 379 g/mol. The molecule has 0 aliphatic heterocycles. The second-order valence-electron chi connectivity index (χ2n) is 5.66. The molecule has 122 valence electrons. The number of nitrogens with one attached hydrogen (secondary N) is 1. The molecule has 0 saturated heterocycles. The molecule has 3 nitrogen and oxygen atoms in total. The van der Waals surface area contributed by atoms with Crippen molar-refractivity contribution in [2.24, 2.45) is 0 Å². The summed E-state index contributed by atoms with van der Waals surface area (Å²) in [6, 6.07) is 12.0. The molecule has 23 heavy (non-hydrogen) atoms. The number of carbonyl (C=O) groups is 1. The van der Waals surface area contributed by atoms with E-state index in [1.807, 2.05) is 30.0 Å². The van der Waals surface area contributed by atoms with Gasteiger partial charge >= 0.3 is 0 Å². The van der Waals surface area contributed by atoms with Gasteiger partial charge in [0.1, 0.15) is 5.82 Å². The third-order valence-electron chi connectivity index (χ3n) is 3.80. The molecule has 2 rings (SSSR count). The summed E-state index contributed by atoms with van der Waals surface area (Å²) in [5.41, 5.74) is 2.41. The lowest BCUT2D eigenvalue weighted by atomic mass is 10.1. The molecule has 2 aromatic rings. The lowest BCUT2D eigenvalue weighted by Crippen LogP contribution is -2.39. The molecule has 0 aliphatic rings. The van der Waals surface area contributed by atoms with E-state index in [1.54, 1.807) is 32.2 Å². The number of hydrogen-bond acceptors (Lipinski definition) is 2. The maximum atomic E-state index is 13.7. The van der Waals surface area contributed by atoms with Crippen molar-refractivity contribution in [3.8, 4) is 0 Å². The summed E-state index contributed by atoms with van der Waals surface area (Å²) in [6.07, 6.45) is 0. The van der Waals surface area contributed by atoms with E-state index >= 15 is 0 Å². The molecule has 0 radical (unpaired) electrons. The zero-order valence-corrected chi connectivity index (χ0v) is 15.0. The highest BCUT2D eigenvalue weighted by Crippen LogP contribution is 2.23. The van der Waals surface area contributed by atoms with Crippen LogP contribution in [0.3, 0.4) is 0 Å². The van der Waals surface area contributed by atoms with Crippen LogP contribution in [0, 0.1) is 12.7 Å². The molecule has 0 bridgehead atoms. The van der Waals surface area contributed by atoms with E-state index in [0.29, 0.717) is 12.1 Å². The second kappa shape index (κ2) is 7.70. The number of amides is 1. The van der Waals surface area contributed by atoms with Crippen LogP contribution < -0.4 is 5.32 Å². The van der Waals surface area contributed by atoms with Gasteiger partial charge in [0.25, 0.3) is 0 Å². The first kappa shape index (κ1) is 17.6. The topological polar surface area (TPSA) is 32.3 Å². The van der Waals surface area contributed by atoms with Crippen LogP contribution in [0.4, 0.5) is 10.1 Å². The molecule has 5 heteroatoms. The molecule has 0 saturated carbocycles. The molecular weight excluding hydrogens is 359 g/mol. The van der Waals surface area contributed by atoms with Crippen LogP contribution in [-0.4, -0.2) is 23.9 Å². The number of aryl methyl sites for hydroxylation is 1. The highest BCUT2D eigenvalue weighted by molar-refractivity contribution is 9.10. The smallest absolute Gasteiger partial charge is 0.241 e. The zero-order valence-electron chi connectivity index (χ0n) is 13.4. The summed E-state index contributed by atoms with van der Waals surface area (Å²) < 4.78 is 14.6. The fourth-order valence-corrected chi connectivity index (χ4v) is 2.78. The Labute approximate surface area is 144 Å². The van der Waals surface area contributed by atoms with E-state index in [4.69, 9.17) is 0 Å². The molecule has 1 unspecified atom stereocenters. The Morgan fingerprint density at radius 2 is 2.00 bits per heavy atom. The summed E-state index contributed by atoms with van der Waals surface area (Å²) in [4.78, 5) is 14.2. The van der Waals surface area contributed by atoms with Crippen molar-refractivity contribution >= 4 is 27.5 Å². The summed E-state index contributed by atoms with van der Waals surface area (Å²) in [5.74, 6) is -0.387. The molecule has 1 N–H and O–H groups in total. The molecule has 0 aliphatic carbocycles. The molecule has 0 fully saturated rings. The lowest BCUT2D eigenvalue weighted by molar-refractivity contribution is -0.120. The zero-order chi connectivity index (χ0) is 17.0.